The highest BCUT2D eigenvalue weighted by Gasteiger charge is 2.28. The van der Waals surface area contributed by atoms with Crippen LogP contribution in [0.3, 0.4) is 0 Å². The summed E-state index contributed by atoms with van der Waals surface area (Å²) in [4.78, 5) is 66.1. The van der Waals surface area contributed by atoms with E-state index in [1.165, 1.54) is 18.6 Å². The van der Waals surface area contributed by atoms with Crippen LogP contribution in [0.1, 0.15) is 71.1 Å². The Bertz CT molecular complexity index is 6000. The zero-order valence-electron chi connectivity index (χ0n) is 58.0. The molecule has 0 atom stereocenters. The fourth-order valence-electron chi connectivity index (χ4n) is 11.8. The van der Waals surface area contributed by atoms with Crippen LogP contribution < -0.4 is 35.0 Å². The molecule has 0 aliphatic carbocycles. The Morgan fingerprint density at radius 1 is 0.468 bits per heavy atom. The number of ether oxygens (including phenoxy) is 1. The minimum absolute atomic E-state index is 0.193. The Morgan fingerprint density at radius 2 is 0.862 bits per heavy atom. The molecule has 0 radical (unpaired) electrons. The molecule has 1 fully saturated rings. The predicted molar refractivity (Wildman–Crippen MR) is 411 cm³/mol. The van der Waals surface area contributed by atoms with Crippen molar-refractivity contribution in [1.82, 2.24) is 34.9 Å². The number of hydrogen-bond donors (Lipinski definition) is 10. The number of aromatic amines is 4. The number of morpholine rings is 1. The number of halogens is 7. The molecule has 14 rings (SSSR count). The molecule has 109 heavy (non-hydrogen) atoms. The lowest BCUT2D eigenvalue weighted by Crippen LogP contribution is -2.36. The van der Waals surface area contributed by atoms with Crippen LogP contribution in [0.2, 0.25) is 5.02 Å². The van der Waals surface area contributed by atoms with Gasteiger partial charge in [0.25, 0.3) is 17.7 Å². The molecule has 1 aliphatic rings. The van der Waals surface area contributed by atoms with E-state index in [1.807, 2.05) is 89.8 Å². The third kappa shape index (κ3) is 18.1. The third-order valence-corrected chi connectivity index (χ3v) is 21.7. The lowest BCUT2D eigenvalue weighted by Gasteiger charge is -2.28. The normalized spacial score (nSPS) is 12.5. The number of pyridine rings is 3. The van der Waals surface area contributed by atoms with Crippen LogP contribution in [0.15, 0.2) is 170 Å². The predicted octanol–water partition coefficient (Wildman–Crippen LogP) is 15.7. The maximum Gasteiger partial charge on any atom is 0.261 e. The van der Waals surface area contributed by atoms with Gasteiger partial charge in [-0.1, -0.05) is 68.8 Å². The summed E-state index contributed by atoms with van der Waals surface area (Å²) in [5.41, 5.74) is 5.19. The summed E-state index contributed by atoms with van der Waals surface area (Å²) in [7, 11) is -11.5. The van der Waals surface area contributed by atoms with E-state index in [9.17, 15) is 66.0 Å². The van der Waals surface area contributed by atoms with E-state index in [0.717, 1.165) is 94.2 Å². The molecule has 34 heteroatoms. The van der Waals surface area contributed by atoms with Gasteiger partial charge in [-0.3, -0.25) is 28.5 Å². The molecular weight excluding hydrogens is 1500 g/mol. The average Bonchev–Trinajstić information content (AvgIpc) is 1.78. The quantitative estimate of drug-likeness (QED) is 0.0282. The molecule has 0 unspecified atom stereocenters. The molecule has 1 saturated heterocycles. The molecule has 13 aromatic rings. The van der Waals surface area contributed by atoms with Crippen molar-refractivity contribution in [2.75, 3.05) is 78.6 Å². The van der Waals surface area contributed by atoms with Crippen LogP contribution in [0.4, 0.5) is 66.2 Å². The van der Waals surface area contributed by atoms with Crippen molar-refractivity contribution in [3.63, 3.8) is 0 Å². The summed E-state index contributed by atoms with van der Waals surface area (Å²) in [5.74, 6) is -11.3. The van der Waals surface area contributed by atoms with Crippen molar-refractivity contribution in [3.05, 3.63) is 227 Å². The van der Waals surface area contributed by atoms with Crippen LogP contribution in [-0.2, 0) is 34.8 Å². The van der Waals surface area contributed by atoms with E-state index in [0.29, 0.717) is 76.3 Å². The first kappa shape index (κ1) is 76.9. The van der Waals surface area contributed by atoms with Gasteiger partial charge in [-0.05, 0) is 140 Å². The molecule has 1 aliphatic heterocycles. The highest BCUT2D eigenvalue weighted by Crippen LogP contribution is 2.34. The Kier molecular flexibility index (Phi) is 23.1. The minimum atomic E-state index is -3.84. The Labute approximate surface area is 624 Å². The van der Waals surface area contributed by atoms with Gasteiger partial charge in [0, 0.05) is 79.7 Å². The maximum absolute atomic E-state index is 15.0. The number of nitrogens with one attached hydrogen (secondary N) is 10. The number of benzene rings is 6. The number of H-pyrrole nitrogens is 4. The molecule has 6 aromatic carbocycles. The van der Waals surface area contributed by atoms with Crippen LogP contribution in [-0.4, -0.2) is 121 Å². The lowest BCUT2D eigenvalue weighted by molar-refractivity contribution is 0.101. The molecular formula is C75H67ClF6N14O10S3. The number of nitrogens with zero attached hydrogens (tertiary/aromatic N) is 4. The van der Waals surface area contributed by atoms with Crippen LogP contribution >= 0.6 is 11.6 Å². The summed E-state index contributed by atoms with van der Waals surface area (Å²) < 4.78 is 172. The van der Waals surface area contributed by atoms with E-state index in [4.69, 9.17) is 16.3 Å². The van der Waals surface area contributed by atoms with E-state index in [2.05, 4.69) is 65.2 Å². The molecule has 0 bridgehead atoms. The molecule has 0 spiro atoms. The number of hydrogen-bond acceptors (Lipinski definition) is 14. The minimum Gasteiger partial charge on any atom is -0.378 e. The molecule has 564 valence electrons. The zero-order chi connectivity index (χ0) is 77.5. The fraction of sp³-hybridized carbons (Fsp3) is 0.173. The summed E-state index contributed by atoms with van der Waals surface area (Å²) >= 11 is 6.24. The van der Waals surface area contributed by atoms with Crippen molar-refractivity contribution < 1.29 is 70.7 Å². The number of carbonyl (C=O) groups is 3. The van der Waals surface area contributed by atoms with E-state index < -0.39 is 116 Å². The first-order valence-electron chi connectivity index (χ1n) is 33.8. The summed E-state index contributed by atoms with van der Waals surface area (Å²) in [5, 5.41) is 10.9. The number of amides is 3. The van der Waals surface area contributed by atoms with Gasteiger partial charge >= 0.3 is 0 Å². The number of carbonyl (C=O) groups excluding carboxylic acids is 3. The molecule has 7 aromatic heterocycles. The van der Waals surface area contributed by atoms with Gasteiger partial charge in [0.2, 0.25) is 30.1 Å². The standard InChI is InChI=1S/C27H27F2N5O4S.C25H21F2N5O3S.C23H19ClF2N4O3S/c1-2-13-39(36,37)33-22-8-7-21(28)24(25(22)29)27(35)31-19-14-18-15-23(32-26(18)30-16-19)17-3-5-20(6-4-17)34-9-11-38-12-10-34;1-2-9-36(34,35)32-20-6-4-18(26)22(23(20)27)25(33)30-17-11-16-12-21(31-24(16)29-13-17)14-3-5-19-15(10-14)7-8-28-19;1-2-9-34(32,33)30-18-8-7-17(25)20(21(18)26)23(31)28-14-10-13-11-19(29-22(13)27-12-14)15-5-3-4-6-16(15)24/h3-8,14-16,33H,2,9-13H2,1H3,(H,30,32)(H,31,35);3-8,10-13,28,32H,2,9H2,1H3,(H,29,31)(H,30,33);3-8,10-12,30H,2,9H2,1H3,(H,27,29)(H,28,31). The maximum atomic E-state index is 15.0. The lowest BCUT2D eigenvalue weighted by atomic mass is 10.1. The van der Waals surface area contributed by atoms with E-state index in [-0.39, 0.29) is 34.3 Å². The molecule has 8 heterocycles. The van der Waals surface area contributed by atoms with Gasteiger partial charge in [-0.25, -0.2) is 66.5 Å². The molecule has 10 N–H and O–H groups in total. The third-order valence-electron chi connectivity index (χ3n) is 16.9. The van der Waals surface area contributed by atoms with Crippen LogP contribution in [0.5, 0.6) is 0 Å². The van der Waals surface area contributed by atoms with E-state index >= 15 is 0 Å². The van der Waals surface area contributed by atoms with Crippen molar-refractivity contribution in [2.45, 2.75) is 40.0 Å². The topological polar surface area (TPSA) is 340 Å². The van der Waals surface area contributed by atoms with Crippen molar-refractivity contribution in [3.8, 4) is 33.8 Å². The molecule has 0 saturated carbocycles. The van der Waals surface area contributed by atoms with Gasteiger partial charge < -0.3 is 45.5 Å². The Hall–Kier alpha value is -11.8. The number of aromatic nitrogens is 7. The fourth-order valence-corrected chi connectivity index (χ4v) is 15.5. The largest absolute Gasteiger partial charge is 0.378 e. The summed E-state index contributed by atoms with van der Waals surface area (Å²) in [6, 6.07) is 38.9. The van der Waals surface area contributed by atoms with Gasteiger partial charge in [-0.15, -0.1) is 0 Å². The van der Waals surface area contributed by atoms with Gasteiger partial charge in [-0.2, -0.15) is 0 Å². The number of sulfonamides is 3. The number of anilines is 7. The highest BCUT2D eigenvalue weighted by atomic mass is 35.5. The second kappa shape index (κ2) is 32.7. The second-order valence-electron chi connectivity index (χ2n) is 24.9. The van der Waals surface area contributed by atoms with E-state index in [1.54, 1.807) is 51.1 Å². The van der Waals surface area contributed by atoms with Gasteiger partial charge in [0.15, 0.2) is 17.5 Å². The average molecular weight is 1570 g/mol. The first-order chi connectivity index (χ1) is 52.2. The zero-order valence-corrected chi connectivity index (χ0v) is 61.2. The van der Waals surface area contributed by atoms with Gasteiger partial charge in [0.1, 0.15) is 51.1 Å². The van der Waals surface area contributed by atoms with Crippen molar-refractivity contribution >= 4 is 143 Å². The second-order valence-corrected chi connectivity index (χ2v) is 30.9. The highest BCUT2D eigenvalue weighted by molar-refractivity contribution is 7.93. The smallest absolute Gasteiger partial charge is 0.261 e. The number of fused-ring (bicyclic) bond motifs is 4. The first-order valence-corrected chi connectivity index (χ1v) is 39.1. The molecule has 3 amide bonds. The van der Waals surface area contributed by atoms with Crippen molar-refractivity contribution in [2.24, 2.45) is 0 Å². The SMILES string of the molecule is CCCS(=O)(=O)Nc1ccc(F)c(C(=O)Nc2cnc3[nH]c(-c4ccc(N5CCOCC5)cc4)cc3c2)c1F.CCCS(=O)(=O)Nc1ccc(F)c(C(=O)Nc2cnc3[nH]c(-c4ccc5[nH]ccc5c4)cc3c2)c1F.CCCS(=O)(=O)Nc1ccc(F)c(C(=O)Nc2cnc3[nH]c(-c4ccccc4Cl)cc3c2)c1F. The van der Waals surface area contributed by atoms with Gasteiger partial charge in [0.05, 0.1) is 83.2 Å². The molecule has 24 nitrogen and oxygen atoms in total. The summed E-state index contributed by atoms with van der Waals surface area (Å²) in [6.07, 6.45) is 6.84. The van der Waals surface area contributed by atoms with Crippen molar-refractivity contribution in [1.29, 1.82) is 0 Å². The number of rotatable bonds is 22. The monoisotopic (exact) mass is 1570 g/mol. The van der Waals surface area contributed by atoms with Crippen LogP contribution in [0.25, 0.3) is 77.8 Å². The Balaban J connectivity index is 0.000000153. The summed E-state index contributed by atoms with van der Waals surface area (Å²) in [6.45, 7) is 8.05. The Morgan fingerprint density at radius 3 is 1.28 bits per heavy atom. The van der Waals surface area contributed by atoms with Crippen LogP contribution in [0, 0.1) is 34.9 Å².